The van der Waals surface area contributed by atoms with Crippen molar-refractivity contribution in [3.8, 4) is 11.4 Å². The van der Waals surface area contributed by atoms with Gasteiger partial charge in [-0.2, -0.15) is 5.10 Å². The van der Waals surface area contributed by atoms with Crippen molar-refractivity contribution in [2.75, 3.05) is 0 Å². The molecule has 1 aromatic carbocycles. The molecule has 0 amide bonds. The van der Waals surface area contributed by atoms with Crippen molar-refractivity contribution in [2.45, 2.75) is 19.6 Å². The maximum atomic E-state index is 9.43. The van der Waals surface area contributed by atoms with Crippen molar-refractivity contribution in [3.63, 3.8) is 0 Å². The highest BCUT2D eigenvalue weighted by molar-refractivity contribution is 7.71. The van der Waals surface area contributed by atoms with Crippen LogP contribution in [-0.2, 0) is 6.54 Å². The van der Waals surface area contributed by atoms with Gasteiger partial charge < -0.3 is 5.11 Å². The van der Waals surface area contributed by atoms with Crippen LogP contribution in [0.25, 0.3) is 11.4 Å². The molecular weight excluding hydrogens is 258 g/mol. The third-order valence-corrected chi connectivity index (χ3v) is 2.87. The summed E-state index contributed by atoms with van der Waals surface area (Å²) < 4.78 is 2.26. The normalized spacial score (nSPS) is 12.6. The Morgan fingerprint density at radius 1 is 1.47 bits per heavy atom. The fourth-order valence-electron chi connectivity index (χ4n) is 1.57. The van der Waals surface area contributed by atoms with Gasteiger partial charge in [0.1, 0.15) is 0 Å². The summed E-state index contributed by atoms with van der Waals surface area (Å²) in [6, 6.07) is 7.32. The van der Waals surface area contributed by atoms with Gasteiger partial charge in [0.05, 0.1) is 12.6 Å². The number of aromatic amines is 1. The molecule has 0 aliphatic heterocycles. The predicted octanol–water partition coefficient (Wildman–Crippen LogP) is 2.64. The summed E-state index contributed by atoms with van der Waals surface area (Å²) in [5, 5.41) is 17.0. The van der Waals surface area contributed by atoms with Crippen LogP contribution in [0.2, 0.25) is 5.02 Å². The van der Waals surface area contributed by atoms with Crippen molar-refractivity contribution in [2.24, 2.45) is 0 Å². The Morgan fingerprint density at radius 3 is 2.71 bits per heavy atom. The van der Waals surface area contributed by atoms with Crippen LogP contribution in [0, 0.1) is 4.77 Å². The van der Waals surface area contributed by atoms with Gasteiger partial charge in [0.25, 0.3) is 0 Å². The molecule has 4 nitrogen and oxygen atoms in total. The van der Waals surface area contributed by atoms with Gasteiger partial charge in [0.2, 0.25) is 0 Å². The van der Waals surface area contributed by atoms with Crippen LogP contribution < -0.4 is 0 Å². The zero-order valence-corrected chi connectivity index (χ0v) is 10.8. The van der Waals surface area contributed by atoms with Gasteiger partial charge in [-0.1, -0.05) is 11.6 Å². The van der Waals surface area contributed by atoms with Gasteiger partial charge in [-0.15, -0.1) is 0 Å². The SMILES string of the molecule is C[C@H](O)Cn1c(-c2ccc(Cl)cc2)n[nH]c1=S. The minimum absolute atomic E-state index is 0.410. The number of rotatable bonds is 3. The number of H-pyrrole nitrogens is 1. The average molecular weight is 270 g/mol. The smallest absolute Gasteiger partial charge is 0.195 e. The molecule has 0 radical (unpaired) electrons. The number of aromatic nitrogens is 3. The second-order valence-corrected chi connectivity index (χ2v) is 4.64. The summed E-state index contributed by atoms with van der Waals surface area (Å²) in [6.07, 6.45) is -0.481. The second-order valence-electron chi connectivity index (χ2n) is 3.82. The lowest BCUT2D eigenvalue weighted by Gasteiger charge is -2.08. The Labute approximate surface area is 109 Å². The molecule has 0 saturated heterocycles. The van der Waals surface area contributed by atoms with Crippen LogP contribution in [0.4, 0.5) is 0 Å². The molecule has 0 spiro atoms. The lowest BCUT2D eigenvalue weighted by Crippen LogP contribution is -2.12. The number of benzene rings is 1. The molecular formula is C11H12ClN3OS. The zero-order chi connectivity index (χ0) is 12.4. The molecule has 0 bridgehead atoms. The highest BCUT2D eigenvalue weighted by Crippen LogP contribution is 2.20. The number of hydrogen-bond donors (Lipinski definition) is 2. The Bertz CT molecular complexity index is 559. The van der Waals surface area contributed by atoms with Crippen LogP contribution in [0.3, 0.4) is 0 Å². The van der Waals surface area contributed by atoms with Gasteiger partial charge in [-0.05, 0) is 43.4 Å². The molecule has 6 heteroatoms. The van der Waals surface area contributed by atoms with E-state index >= 15 is 0 Å². The molecule has 0 saturated carbocycles. The topological polar surface area (TPSA) is 53.8 Å². The monoisotopic (exact) mass is 269 g/mol. The Kier molecular flexibility index (Phi) is 3.61. The Balaban J connectivity index is 2.45. The van der Waals surface area contributed by atoms with E-state index in [0.717, 1.165) is 5.56 Å². The van der Waals surface area contributed by atoms with Gasteiger partial charge in [-0.25, -0.2) is 0 Å². The van der Waals surface area contributed by atoms with E-state index in [9.17, 15) is 5.11 Å². The second kappa shape index (κ2) is 5.00. The quantitative estimate of drug-likeness (QED) is 0.843. The third-order valence-electron chi connectivity index (χ3n) is 2.31. The fourth-order valence-corrected chi connectivity index (χ4v) is 1.90. The first-order valence-electron chi connectivity index (χ1n) is 5.17. The number of halogens is 1. The highest BCUT2D eigenvalue weighted by atomic mass is 35.5. The van der Waals surface area contributed by atoms with E-state index in [-0.39, 0.29) is 0 Å². The van der Waals surface area contributed by atoms with Gasteiger partial charge in [-0.3, -0.25) is 9.67 Å². The Morgan fingerprint density at radius 2 is 2.12 bits per heavy atom. The van der Waals surface area contributed by atoms with E-state index in [1.807, 2.05) is 12.1 Å². The molecule has 2 rings (SSSR count). The molecule has 1 heterocycles. The molecule has 90 valence electrons. The van der Waals surface area contributed by atoms with Crippen molar-refractivity contribution in [3.05, 3.63) is 34.1 Å². The van der Waals surface area contributed by atoms with Gasteiger partial charge in [0.15, 0.2) is 10.6 Å². The van der Waals surface area contributed by atoms with E-state index in [1.165, 1.54) is 0 Å². The lowest BCUT2D eigenvalue weighted by molar-refractivity contribution is 0.173. The van der Waals surface area contributed by atoms with Crippen LogP contribution >= 0.6 is 23.8 Å². The van der Waals surface area contributed by atoms with Crippen molar-refractivity contribution >= 4 is 23.8 Å². The van der Waals surface area contributed by atoms with Gasteiger partial charge in [0, 0.05) is 10.6 Å². The predicted molar refractivity (Wildman–Crippen MR) is 69.5 cm³/mol. The average Bonchev–Trinajstić information content (AvgIpc) is 2.61. The number of aliphatic hydroxyl groups is 1. The summed E-state index contributed by atoms with van der Waals surface area (Å²) in [7, 11) is 0. The highest BCUT2D eigenvalue weighted by Gasteiger charge is 2.10. The first-order valence-corrected chi connectivity index (χ1v) is 5.96. The largest absolute Gasteiger partial charge is 0.392 e. The first-order chi connectivity index (χ1) is 8.08. The van der Waals surface area contributed by atoms with Crippen LogP contribution in [0.5, 0.6) is 0 Å². The molecule has 2 aromatic rings. The fraction of sp³-hybridized carbons (Fsp3) is 0.273. The maximum absolute atomic E-state index is 9.43. The number of aliphatic hydroxyl groups excluding tert-OH is 1. The Hall–Kier alpha value is -1.17. The van der Waals surface area contributed by atoms with Gasteiger partial charge >= 0.3 is 0 Å². The summed E-state index contributed by atoms with van der Waals surface area (Å²) in [6.45, 7) is 2.12. The molecule has 2 N–H and O–H groups in total. The van der Waals surface area contributed by atoms with E-state index in [2.05, 4.69) is 10.2 Å². The molecule has 1 atom stereocenters. The standard InChI is InChI=1S/C11H12ClN3OS/c1-7(16)6-15-10(13-14-11(15)17)8-2-4-9(12)5-3-8/h2-5,7,16H,6H2,1H3,(H,14,17)/t7-/m0/s1. The third kappa shape index (κ3) is 2.74. The van der Waals surface area contributed by atoms with Crippen LogP contribution in [0.1, 0.15) is 6.92 Å². The summed E-state index contributed by atoms with van der Waals surface area (Å²) in [5.74, 6) is 0.701. The molecule has 0 unspecified atom stereocenters. The summed E-state index contributed by atoms with van der Waals surface area (Å²) >= 11 is 11.0. The summed E-state index contributed by atoms with van der Waals surface area (Å²) in [4.78, 5) is 0. The minimum Gasteiger partial charge on any atom is -0.392 e. The van der Waals surface area contributed by atoms with E-state index < -0.39 is 6.10 Å². The number of nitrogens with one attached hydrogen (secondary N) is 1. The van der Waals surface area contributed by atoms with Crippen molar-refractivity contribution in [1.29, 1.82) is 0 Å². The van der Waals surface area contributed by atoms with E-state index in [1.54, 1.807) is 23.6 Å². The molecule has 1 aromatic heterocycles. The van der Waals surface area contributed by atoms with Crippen molar-refractivity contribution < 1.29 is 5.11 Å². The first kappa shape index (κ1) is 12.3. The molecule has 17 heavy (non-hydrogen) atoms. The molecule has 0 aliphatic carbocycles. The molecule has 0 aliphatic rings. The number of nitrogens with zero attached hydrogens (tertiary/aromatic N) is 2. The van der Waals surface area contributed by atoms with Crippen LogP contribution in [-0.4, -0.2) is 26.0 Å². The molecule has 0 fully saturated rings. The maximum Gasteiger partial charge on any atom is 0.195 e. The van der Waals surface area contributed by atoms with E-state index in [0.29, 0.717) is 22.2 Å². The zero-order valence-electron chi connectivity index (χ0n) is 9.22. The van der Waals surface area contributed by atoms with Crippen molar-refractivity contribution in [1.82, 2.24) is 14.8 Å². The minimum atomic E-state index is -0.481. The van der Waals surface area contributed by atoms with Crippen LogP contribution in [0.15, 0.2) is 24.3 Å². The lowest BCUT2D eigenvalue weighted by atomic mass is 10.2. The van der Waals surface area contributed by atoms with E-state index in [4.69, 9.17) is 23.8 Å². The summed E-state index contributed by atoms with van der Waals surface area (Å²) in [5.41, 5.74) is 0.905. The number of hydrogen-bond acceptors (Lipinski definition) is 3.